The van der Waals surface area contributed by atoms with Gasteiger partial charge in [0.2, 0.25) is 0 Å². The van der Waals surface area contributed by atoms with Crippen LogP contribution >= 0.6 is 11.6 Å². The maximum Gasteiger partial charge on any atom is 0.120 e. The molecule has 17 heavy (non-hydrogen) atoms. The molecule has 0 radical (unpaired) electrons. The third-order valence-corrected chi connectivity index (χ3v) is 2.56. The summed E-state index contributed by atoms with van der Waals surface area (Å²) in [6, 6.07) is 14.7. The van der Waals surface area contributed by atoms with E-state index < -0.39 is 0 Å². The fraction of sp³-hybridized carbons (Fsp3) is 0.0769. The molecule has 0 saturated heterocycles. The Hall–Kier alpha value is -1.71. The first-order valence-corrected chi connectivity index (χ1v) is 5.65. The molecular formula is C13H13ClN2O. The fourth-order valence-corrected chi connectivity index (χ4v) is 1.65. The third kappa shape index (κ3) is 3.37. The van der Waals surface area contributed by atoms with Crippen molar-refractivity contribution in [3.63, 3.8) is 0 Å². The molecule has 0 aromatic heterocycles. The van der Waals surface area contributed by atoms with E-state index in [1.54, 1.807) is 18.2 Å². The Balaban J connectivity index is 1.92. The summed E-state index contributed by atoms with van der Waals surface area (Å²) >= 11 is 5.85. The summed E-state index contributed by atoms with van der Waals surface area (Å²) in [5, 5.41) is 10.2. The second kappa shape index (κ2) is 5.57. The largest absolute Gasteiger partial charge is 0.508 e. The Labute approximate surface area is 105 Å². The molecule has 4 heteroatoms. The zero-order chi connectivity index (χ0) is 12.1. The Morgan fingerprint density at radius 2 is 1.82 bits per heavy atom. The number of hydrogen-bond acceptors (Lipinski definition) is 3. The lowest BCUT2D eigenvalue weighted by atomic mass is 10.2. The first-order valence-electron chi connectivity index (χ1n) is 5.27. The Morgan fingerprint density at radius 1 is 1.06 bits per heavy atom. The van der Waals surface area contributed by atoms with Crippen molar-refractivity contribution in [1.82, 2.24) is 5.43 Å². The van der Waals surface area contributed by atoms with Gasteiger partial charge in [-0.15, -0.1) is 0 Å². The minimum Gasteiger partial charge on any atom is -0.508 e. The van der Waals surface area contributed by atoms with Crippen LogP contribution in [-0.2, 0) is 6.54 Å². The van der Waals surface area contributed by atoms with Crippen LogP contribution in [0.5, 0.6) is 5.75 Å². The summed E-state index contributed by atoms with van der Waals surface area (Å²) in [5.41, 5.74) is 7.77. The molecule has 0 saturated carbocycles. The van der Waals surface area contributed by atoms with Gasteiger partial charge in [0, 0.05) is 22.8 Å². The highest BCUT2D eigenvalue weighted by molar-refractivity contribution is 6.30. The molecular weight excluding hydrogens is 236 g/mol. The van der Waals surface area contributed by atoms with E-state index in [1.165, 1.54) is 0 Å². The molecule has 0 aliphatic carbocycles. The van der Waals surface area contributed by atoms with Gasteiger partial charge in [-0.3, -0.25) is 0 Å². The molecule has 0 amide bonds. The monoisotopic (exact) mass is 248 g/mol. The van der Waals surface area contributed by atoms with Gasteiger partial charge in [-0.1, -0.05) is 29.8 Å². The summed E-state index contributed by atoms with van der Waals surface area (Å²) in [6.45, 7) is 0.487. The van der Waals surface area contributed by atoms with E-state index in [2.05, 4.69) is 10.9 Å². The van der Waals surface area contributed by atoms with Gasteiger partial charge in [0.1, 0.15) is 5.75 Å². The second-order valence-corrected chi connectivity index (χ2v) is 4.05. The SMILES string of the molecule is Oc1ccc(Cl)cc1CNNc1ccccc1. The molecule has 0 aliphatic heterocycles. The molecule has 0 spiro atoms. The quantitative estimate of drug-likeness (QED) is 0.729. The van der Waals surface area contributed by atoms with Gasteiger partial charge in [0.05, 0.1) is 0 Å². The second-order valence-electron chi connectivity index (χ2n) is 3.62. The zero-order valence-corrected chi connectivity index (χ0v) is 9.91. The van der Waals surface area contributed by atoms with Crippen LogP contribution in [0.2, 0.25) is 5.02 Å². The molecule has 3 nitrogen and oxygen atoms in total. The number of phenolic OH excluding ortho intramolecular Hbond substituents is 1. The molecule has 0 aliphatic rings. The van der Waals surface area contributed by atoms with Gasteiger partial charge in [0.25, 0.3) is 0 Å². The van der Waals surface area contributed by atoms with Crippen LogP contribution in [-0.4, -0.2) is 5.11 Å². The fourth-order valence-electron chi connectivity index (χ4n) is 1.46. The van der Waals surface area contributed by atoms with Crippen molar-refractivity contribution in [2.75, 3.05) is 5.43 Å². The molecule has 2 aromatic carbocycles. The van der Waals surface area contributed by atoms with Crippen LogP contribution in [0.15, 0.2) is 48.5 Å². The molecule has 0 fully saturated rings. The lowest BCUT2D eigenvalue weighted by Crippen LogP contribution is -2.20. The average Bonchev–Trinajstić information content (AvgIpc) is 2.35. The first-order chi connectivity index (χ1) is 8.25. The zero-order valence-electron chi connectivity index (χ0n) is 9.15. The van der Waals surface area contributed by atoms with Crippen molar-refractivity contribution in [1.29, 1.82) is 0 Å². The number of rotatable bonds is 4. The first kappa shape index (κ1) is 11.8. The summed E-state index contributed by atoms with van der Waals surface area (Å²) in [6.07, 6.45) is 0. The van der Waals surface area contributed by atoms with Gasteiger partial charge in [-0.25, -0.2) is 5.43 Å². The number of nitrogens with one attached hydrogen (secondary N) is 2. The van der Waals surface area contributed by atoms with E-state index in [0.29, 0.717) is 11.6 Å². The standard InChI is InChI=1S/C13H13ClN2O/c14-11-6-7-13(17)10(8-11)9-15-16-12-4-2-1-3-5-12/h1-8,15-17H,9H2. The maximum absolute atomic E-state index is 9.61. The van der Waals surface area contributed by atoms with Crippen LogP contribution in [0.1, 0.15) is 5.56 Å². The number of para-hydroxylation sites is 1. The Kier molecular flexibility index (Phi) is 3.85. The molecule has 3 N–H and O–H groups in total. The molecule has 2 rings (SSSR count). The van der Waals surface area contributed by atoms with Crippen LogP contribution in [0, 0.1) is 0 Å². The highest BCUT2D eigenvalue weighted by Crippen LogP contribution is 2.21. The maximum atomic E-state index is 9.61. The number of hydrogen-bond donors (Lipinski definition) is 3. The summed E-state index contributed by atoms with van der Waals surface area (Å²) in [7, 11) is 0. The van der Waals surface area contributed by atoms with Gasteiger partial charge in [-0.2, -0.15) is 0 Å². The van der Waals surface area contributed by atoms with Gasteiger partial charge < -0.3 is 10.5 Å². The van der Waals surface area contributed by atoms with Crippen molar-refractivity contribution >= 4 is 17.3 Å². The van der Waals surface area contributed by atoms with Crippen molar-refractivity contribution in [3.8, 4) is 5.75 Å². The summed E-state index contributed by atoms with van der Waals surface area (Å²) in [5.74, 6) is 0.233. The van der Waals surface area contributed by atoms with E-state index in [-0.39, 0.29) is 5.75 Å². The van der Waals surface area contributed by atoms with Gasteiger partial charge in [-0.05, 0) is 30.3 Å². The highest BCUT2D eigenvalue weighted by atomic mass is 35.5. The minimum absolute atomic E-state index is 0.233. The number of benzene rings is 2. The van der Waals surface area contributed by atoms with Gasteiger partial charge >= 0.3 is 0 Å². The third-order valence-electron chi connectivity index (χ3n) is 2.33. The highest BCUT2D eigenvalue weighted by Gasteiger charge is 2.01. The minimum atomic E-state index is 0.233. The van der Waals surface area contributed by atoms with Crippen LogP contribution in [0.4, 0.5) is 5.69 Å². The lowest BCUT2D eigenvalue weighted by molar-refractivity contribution is 0.466. The number of halogens is 1. The molecule has 88 valence electrons. The van der Waals surface area contributed by atoms with Crippen molar-refractivity contribution in [3.05, 3.63) is 59.1 Å². The van der Waals surface area contributed by atoms with Crippen LogP contribution < -0.4 is 10.9 Å². The predicted octanol–water partition coefficient (Wildman–Crippen LogP) is 3.16. The molecule has 0 heterocycles. The van der Waals surface area contributed by atoms with E-state index in [9.17, 15) is 5.11 Å². The van der Waals surface area contributed by atoms with E-state index in [1.807, 2.05) is 30.3 Å². The van der Waals surface area contributed by atoms with E-state index in [0.717, 1.165) is 11.3 Å². The smallest absolute Gasteiger partial charge is 0.120 e. The molecule has 2 aromatic rings. The van der Waals surface area contributed by atoms with Crippen molar-refractivity contribution in [2.45, 2.75) is 6.54 Å². The van der Waals surface area contributed by atoms with E-state index >= 15 is 0 Å². The topological polar surface area (TPSA) is 44.3 Å². The van der Waals surface area contributed by atoms with Crippen LogP contribution in [0.25, 0.3) is 0 Å². The molecule has 0 unspecified atom stereocenters. The molecule has 0 atom stereocenters. The van der Waals surface area contributed by atoms with Gasteiger partial charge in [0.15, 0.2) is 0 Å². The Bertz CT molecular complexity index is 488. The number of aromatic hydroxyl groups is 1. The number of anilines is 1. The Morgan fingerprint density at radius 3 is 2.59 bits per heavy atom. The number of hydrazine groups is 1. The normalized spacial score (nSPS) is 10.2. The average molecular weight is 249 g/mol. The number of phenols is 1. The predicted molar refractivity (Wildman–Crippen MR) is 70.0 cm³/mol. The summed E-state index contributed by atoms with van der Waals surface area (Å²) in [4.78, 5) is 0. The molecule has 0 bridgehead atoms. The lowest BCUT2D eigenvalue weighted by Gasteiger charge is -2.09. The van der Waals surface area contributed by atoms with E-state index in [4.69, 9.17) is 11.6 Å². The van der Waals surface area contributed by atoms with Crippen LogP contribution in [0.3, 0.4) is 0 Å². The summed E-state index contributed by atoms with van der Waals surface area (Å²) < 4.78 is 0. The van der Waals surface area contributed by atoms with Crippen molar-refractivity contribution in [2.24, 2.45) is 0 Å². The van der Waals surface area contributed by atoms with Crippen molar-refractivity contribution < 1.29 is 5.11 Å².